The molecule has 0 radical (unpaired) electrons. The van der Waals surface area contributed by atoms with E-state index >= 15 is 0 Å². The molecule has 0 saturated heterocycles. The molecule has 13 heavy (non-hydrogen) atoms. The monoisotopic (exact) mass is 182 g/mol. The Morgan fingerprint density at radius 1 is 1.54 bits per heavy atom. The molecule has 0 amide bonds. The van der Waals surface area contributed by atoms with E-state index in [1.54, 1.807) is 0 Å². The number of nitrogens with zero attached hydrogens (tertiary/aromatic N) is 2. The van der Waals surface area contributed by atoms with Gasteiger partial charge in [-0.25, -0.2) is 0 Å². The average molecular weight is 182 g/mol. The van der Waals surface area contributed by atoms with Crippen molar-refractivity contribution >= 4 is 0 Å². The molecule has 1 aromatic rings. The van der Waals surface area contributed by atoms with Gasteiger partial charge in [0.25, 0.3) is 0 Å². The van der Waals surface area contributed by atoms with E-state index in [9.17, 15) is 0 Å². The lowest BCUT2D eigenvalue weighted by Crippen LogP contribution is -2.02. The molecule has 2 rings (SSSR count). The minimum Gasteiger partial charge on any atom is -0.388 e. The first kappa shape index (κ1) is 8.69. The Bertz CT molecular complexity index is 285. The Kier molecular flexibility index (Phi) is 2.31. The molecule has 2 unspecified atom stereocenters. The lowest BCUT2D eigenvalue weighted by Gasteiger charge is -2.08. The van der Waals surface area contributed by atoms with Gasteiger partial charge < -0.3 is 9.63 Å². The van der Waals surface area contributed by atoms with Crippen molar-refractivity contribution in [3.05, 3.63) is 11.7 Å². The summed E-state index contributed by atoms with van der Waals surface area (Å²) in [4.78, 5) is 4.13. The van der Waals surface area contributed by atoms with Gasteiger partial charge in [-0.05, 0) is 18.8 Å². The molecular weight excluding hydrogens is 168 g/mol. The van der Waals surface area contributed by atoms with Crippen molar-refractivity contribution in [1.82, 2.24) is 10.1 Å². The second-order valence-electron chi connectivity index (χ2n) is 3.72. The first-order valence-electron chi connectivity index (χ1n) is 4.74. The highest BCUT2D eigenvalue weighted by Crippen LogP contribution is 2.38. The second kappa shape index (κ2) is 3.46. The van der Waals surface area contributed by atoms with Crippen LogP contribution in [0.4, 0.5) is 0 Å². The quantitative estimate of drug-likeness (QED) is 0.752. The second-order valence-corrected chi connectivity index (χ2v) is 3.72. The normalized spacial score (nSPS) is 28.2. The van der Waals surface area contributed by atoms with Gasteiger partial charge in [0.1, 0.15) is 6.61 Å². The average Bonchev–Trinajstić information content (AvgIpc) is 2.71. The van der Waals surface area contributed by atoms with E-state index in [0.717, 1.165) is 6.42 Å². The number of hydrogen-bond donors (Lipinski definition) is 1. The predicted octanol–water partition coefficient (Wildman–Crippen LogP) is 1.47. The van der Waals surface area contributed by atoms with Crippen molar-refractivity contribution in [2.45, 2.75) is 38.7 Å². The Morgan fingerprint density at radius 3 is 2.92 bits per heavy atom. The van der Waals surface area contributed by atoms with Gasteiger partial charge in [-0.15, -0.1) is 0 Å². The standard InChI is InChI=1S/C9H14N2O2/c1-6-3-2-4-7(6)9-10-8(5-12)11-13-9/h6-7,12H,2-5H2,1H3. The molecule has 1 saturated carbocycles. The number of aromatic nitrogens is 2. The number of aliphatic hydroxyl groups is 1. The van der Waals surface area contributed by atoms with Crippen LogP contribution in [0, 0.1) is 5.92 Å². The minimum atomic E-state index is -0.134. The van der Waals surface area contributed by atoms with Gasteiger partial charge in [0, 0.05) is 5.92 Å². The summed E-state index contributed by atoms with van der Waals surface area (Å²) < 4.78 is 5.09. The molecule has 2 atom stereocenters. The summed E-state index contributed by atoms with van der Waals surface area (Å²) in [6, 6.07) is 0. The highest BCUT2D eigenvalue weighted by Gasteiger charge is 2.29. The molecule has 72 valence electrons. The van der Waals surface area contributed by atoms with Crippen LogP contribution in [-0.2, 0) is 6.61 Å². The van der Waals surface area contributed by atoms with Crippen LogP contribution in [0.1, 0.15) is 43.8 Å². The molecule has 1 aliphatic carbocycles. The maximum absolute atomic E-state index is 8.77. The maximum atomic E-state index is 8.77. The molecule has 1 aromatic heterocycles. The van der Waals surface area contributed by atoms with Crippen molar-refractivity contribution in [2.24, 2.45) is 5.92 Å². The fourth-order valence-corrected chi connectivity index (χ4v) is 1.99. The van der Waals surface area contributed by atoms with Crippen LogP contribution in [0.5, 0.6) is 0 Å². The topological polar surface area (TPSA) is 59.2 Å². The molecule has 1 aliphatic rings. The van der Waals surface area contributed by atoms with E-state index in [2.05, 4.69) is 17.1 Å². The zero-order valence-electron chi connectivity index (χ0n) is 7.73. The van der Waals surface area contributed by atoms with Crippen LogP contribution in [0.25, 0.3) is 0 Å². The lowest BCUT2D eigenvalue weighted by atomic mass is 9.98. The highest BCUT2D eigenvalue weighted by atomic mass is 16.5. The van der Waals surface area contributed by atoms with Crippen LogP contribution in [0.15, 0.2) is 4.52 Å². The zero-order chi connectivity index (χ0) is 9.26. The first-order chi connectivity index (χ1) is 6.31. The largest absolute Gasteiger partial charge is 0.388 e. The van der Waals surface area contributed by atoms with Crippen LogP contribution in [0.3, 0.4) is 0 Å². The third-order valence-electron chi connectivity index (χ3n) is 2.80. The summed E-state index contributed by atoms with van der Waals surface area (Å²) in [6.07, 6.45) is 3.61. The molecular formula is C9H14N2O2. The summed E-state index contributed by atoms with van der Waals surface area (Å²) >= 11 is 0. The van der Waals surface area contributed by atoms with Crippen molar-refractivity contribution in [2.75, 3.05) is 0 Å². The molecule has 0 aromatic carbocycles. The van der Waals surface area contributed by atoms with E-state index in [1.807, 2.05) is 0 Å². The van der Waals surface area contributed by atoms with E-state index in [0.29, 0.717) is 23.6 Å². The lowest BCUT2D eigenvalue weighted by molar-refractivity contribution is 0.261. The Labute approximate surface area is 77.0 Å². The SMILES string of the molecule is CC1CCCC1c1nc(CO)no1. The summed E-state index contributed by atoms with van der Waals surface area (Å²) in [7, 11) is 0. The van der Waals surface area contributed by atoms with Gasteiger partial charge in [0.2, 0.25) is 5.89 Å². The van der Waals surface area contributed by atoms with Crippen LogP contribution in [0.2, 0.25) is 0 Å². The van der Waals surface area contributed by atoms with Crippen molar-refractivity contribution in [1.29, 1.82) is 0 Å². The van der Waals surface area contributed by atoms with Gasteiger partial charge in [0.15, 0.2) is 5.82 Å². The molecule has 4 nitrogen and oxygen atoms in total. The van der Waals surface area contributed by atoms with Gasteiger partial charge in [0.05, 0.1) is 0 Å². The van der Waals surface area contributed by atoms with E-state index in [4.69, 9.17) is 9.63 Å². The van der Waals surface area contributed by atoms with Crippen molar-refractivity contribution in [3.8, 4) is 0 Å². The maximum Gasteiger partial charge on any atom is 0.230 e. The molecule has 0 aliphatic heterocycles. The molecule has 1 N–H and O–H groups in total. The Balaban J connectivity index is 2.15. The molecule has 0 spiro atoms. The fraction of sp³-hybridized carbons (Fsp3) is 0.778. The third-order valence-corrected chi connectivity index (χ3v) is 2.80. The molecule has 4 heteroatoms. The van der Waals surface area contributed by atoms with Crippen LogP contribution in [-0.4, -0.2) is 15.2 Å². The third kappa shape index (κ3) is 1.58. The van der Waals surface area contributed by atoms with E-state index in [1.165, 1.54) is 12.8 Å². The van der Waals surface area contributed by atoms with Crippen molar-refractivity contribution in [3.63, 3.8) is 0 Å². The van der Waals surface area contributed by atoms with Gasteiger partial charge in [-0.2, -0.15) is 4.98 Å². The number of rotatable bonds is 2. The molecule has 0 bridgehead atoms. The predicted molar refractivity (Wildman–Crippen MR) is 46.0 cm³/mol. The van der Waals surface area contributed by atoms with Gasteiger partial charge in [-0.1, -0.05) is 18.5 Å². The fourth-order valence-electron chi connectivity index (χ4n) is 1.99. The zero-order valence-corrected chi connectivity index (χ0v) is 7.73. The van der Waals surface area contributed by atoms with E-state index < -0.39 is 0 Å². The summed E-state index contributed by atoms with van der Waals surface area (Å²) in [6.45, 7) is 2.07. The molecule has 1 fully saturated rings. The summed E-state index contributed by atoms with van der Waals surface area (Å²) in [5.74, 6) is 2.14. The minimum absolute atomic E-state index is 0.134. The summed E-state index contributed by atoms with van der Waals surface area (Å²) in [5.41, 5.74) is 0. The Hall–Kier alpha value is -0.900. The number of hydrogen-bond acceptors (Lipinski definition) is 4. The van der Waals surface area contributed by atoms with Crippen molar-refractivity contribution < 1.29 is 9.63 Å². The van der Waals surface area contributed by atoms with Gasteiger partial charge >= 0.3 is 0 Å². The van der Waals surface area contributed by atoms with Gasteiger partial charge in [-0.3, -0.25) is 0 Å². The summed E-state index contributed by atoms with van der Waals surface area (Å²) in [5, 5.41) is 12.5. The van der Waals surface area contributed by atoms with Crippen LogP contribution < -0.4 is 0 Å². The Morgan fingerprint density at radius 2 is 2.38 bits per heavy atom. The first-order valence-corrected chi connectivity index (χ1v) is 4.74. The van der Waals surface area contributed by atoms with E-state index in [-0.39, 0.29) is 6.61 Å². The smallest absolute Gasteiger partial charge is 0.230 e. The molecule has 1 heterocycles. The number of aliphatic hydroxyl groups excluding tert-OH is 1. The van der Waals surface area contributed by atoms with Crippen LogP contribution >= 0.6 is 0 Å². The highest BCUT2D eigenvalue weighted by molar-refractivity contribution is 4.98.